The standard InChI is InChI=1S/C13H24N2O3S/c1-4-15-8-6-13(19,7-9-15)11(14-10(3)16)12(17)18-5-2/h11,19H,4-9H2,1-3H3,(H,14,16). The second-order valence-electron chi connectivity index (χ2n) is 4.92. The molecule has 0 aliphatic carbocycles. The monoisotopic (exact) mass is 288 g/mol. The average molecular weight is 288 g/mol. The third-order valence-corrected chi connectivity index (χ3v) is 4.28. The lowest BCUT2D eigenvalue weighted by Crippen LogP contribution is -2.58. The van der Waals surface area contributed by atoms with Gasteiger partial charge in [-0.25, -0.2) is 4.79 Å². The third kappa shape index (κ3) is 4.38. The van der Waals surface area contributed by atoms with Gasteiger partial charge in [-0.15, -0.1) is 0 Å². The van der Waals surface area contributed by atoms with Crippen molar-refractivity contribution in [2.45, 2.75) is 44.4 Å². The molecule has 19 heavy (non-hydrogen) atoms. The molecule has 1 atom stereocenters. The largest absolute Gasteiger partial charge is 0.464 e. The van der Waals surface area contributed by atoms with Crippen LogP contribution in [-0.4, -0.2) is 53.8 Å². The Kier molecular flexibility index (Phi) is 6.13. The number of carbonyl (C=O) groups excluding carboxylic acids is 2. The number of rotatable bonds is 5. The zero-order valence-electron chi connectivity index (χ0n) is 11.9. The quantitative estimate of drug-likeness (QED) is 0.581. The van der Waals surface area contributed by atoms with Gasteiger partial charge in [0.1, 0.15) is 6.04 Å². The van der Waals surface area contributed by atoms with Crippen LogP contribution >= 0.6 is 12.6 Å². The fourth-order valence-corrected chi connectivity index (χ4v) is 2.76. The summed E-state index contributed by atoms with van der Waals surface area (Å²) in [5.41, 5.74) is 0. The topological polar surface area (TPSA) is 58.6 Å². The zero-order chi connectivity index (χ0) is 14.5. The predicted octanol–water partition coefficient (Wildman–Crippen LogP) is 0.838. The molecule has 0 saturated carbocycles. The highest BCUT2D eigenvalue weighted by Crippen LogP contribution is 2.33. The first-order chi connectivity index (χ1) is 8.92. The maximum Gasteiger partial charge on any atom is 0.330 e. The van der Waals surface area contributed by atoms with Crippen LogP contribution in [0.15, 0.2) is 0 Å². The molecule has 0 aromatic carbocycles. The highest BCUT2D eigenvalue weighted by Gasteiger charge is 2.43. The van der Waals surface area contributed by atoms with E-state index in [9.17, 15) is 9.59 Å². The Morgan fingerprint density at radius 2 is 1.95 bits per heavy atom. The summed E-state index contributed by atoms with van der Waals surface area (Å²) in [6.45, 7) is 8.35. The normalized spacial score (nSPS) is 20.6. The third-order valence-electron chi connectivity index (χ3n) is 3.58. The number of nitrogens with one attached hydrogen (secondary N) is 1. The zero-order valence-corrected chi connectivity index (χ0v) is 12.8. The van der Waals surface area contributed by atoms with Crippen molar-refractivity contribution in [3.8, 4) is 0 Å². The Morgan fingerprint density at radius 3 is 2.37 bits per heavy atom. The number of piperidine rings is 1. The molecule has 0 aromatic heterocycles. The minimum absolute atomic E-state index is 0.232. The van der Waals surface area contributed by atoms with Crippen LogP contribution in [0.4, 0.5) is 0 Å². The molecule has 1 aliphatic rings. The van der Waals surface area contributed by atoms with E-state index < -0.39 is 16.8 Å². The highest BCUT2D eigenvalue weighted by molar-refractivity contribution is 7.82. The van der Waals surface area contributed by atoms with Gasteiger partial charge in [0.2, 0.25) is 5.91 Å². The van der Waals surface area contributed by atoms with Crippen molar-refractivity contribution in [2.75, 3.05) is 26.2 Å². The van der Waals surface area contributed by atoms with Crippen molar-refractivity contribution in [1.82, 2.24) is 10.2 Å². The van der Waals surface area contributed by atoms with Crippen LogP contribution in [-0.2, 0) is 14.3 Å². The van der Waals surface area contributed by atoms with E-state index in [4.69, 9.17) is 4.74 Å². The summed E-state index contributed by atoms with van der Waals surface area (Å²) in [5.74, 6) is -0.623. The molecule has 6 heteroatoms. The number of esters is 1. The average Bonchev–Trinajstić information content (AvgIpc) is 2.37. The summed E-state index contributed by atoms with van der Waals surface area (Å²) < 4.78 is 4.54. The highest BCUT2D eigenvalue weighted by atomic mass is 32.1. The van der Waals surface area contributed by atoms with E-state index in [0.717, 1.165) is 32.5 Å². The van der Waals surface area contributed by atoms with Gasteiger partial charge in [0.05, 0.1) is 6.61 Å². The maximum atomic E-state index is 12.0. The minimum atomic E-state index is -0.674. The van der Waals surface area contributed by atoms with Crippen LogP contribution in [0, 0.1) is 0 Å². The van der Waals surface area contributed by atoms with Crippen LogP contribution in [0.5, 0.6) is 0 Å². The fraction of sp³-hybridized carbons (Fsp3) is 0.846. The van der Waals surface area contributed by atoms with Gasteiger partial charge < -0.3 is 15.0 Å². The second-order valence-corrected chi connectivity index (χ2v) is 5.81. The summed E-state index contributed by atoms with van der Waals surface area (Å²) in [4.78, 5) is 25.6. The summed E-state index contributed by atoms with van der Waals surface area (Å²) in [7, 11) is 0. The molecule has 1 saturated heterocycles. The molecule has 1 rings (SSSR count). The van der Waals surface area contributed by atoms with E-state index in [-0.39, 0.29) is 5.91 Å². The number of ether oxygens (including phenoxy) is 1. The molecule has 5 nitrogen and oxygen atoms in total. The van der Waals surface area contributed by atoms with Gasteiger partial charge in [0.25, 0.3) is 0 Å². The number of hydrogen-bond donors (Lipinski definition) is 2. The number of likely N-dealkylation sites (tertiary alicyclic amines) is 1. The van der Waals surface area contributed by atoms with Crippen LogP contribution in [0.25, 0.3) is 0 Å². The number of amides is 1. The van der Waals surface area contributed by atoms with Gasteiger partial charge in [-0.1, -0.05) is 6.92 Å². The molecule has 110 valence electrons. The first-order valence-electron chi connectivity index (χ1n) is 6.81. The molecule has 1 amide bonds. The van der Waals surface area contributed by atoms with Crippen molar-refractivity contribution in [3.63, 3.8) is 0 Å². The molecule has 1 N–H and O–H groups in total. The molecule has 1 aliphatic heterocycles. The fourth-order valence-electron chi connectivity index (χ4n) is 2.39. The molecule has 1 heterocycles. The Hall–Kier alpha value is -0.750. The molecule has 1 fully saturated rings. The van der Waals surface area contributed by atoms with Crippen LogP contribution in [0.1, 0.15) is 33.6 Å². The van der Waals surface area contributed by atoms with Gasteiger partial charge >= 0.3 is 5.97 Å². The van der Waals surface area contributed by atoms with E-state index in [2.05, 4.69) is 29.8 Å². The van der Waals surface area contributed by atoms with Gasteiger partial charge in [0.15, 0.2) is 0 Å². The van der Waals surface area contributed by atoms with Crippen LogP contribution < -0.4 is 5.32 Å². The summed E-state index contributed by atoms with van der Waals surface area (Å²) >= 11 is 4.69. The van der Waals surface area contributed by atoms with E-state index in [1.165, 1.54) is 6.92 Å². The summed E-state index contributed by atoms with van der Waals surface area (Å²) in [6, 6.07) is -0.674. The predicted molar refractivity (Wildman–Crippen MR) is 77.3 cm³/mol. The number of carbonyl (C=O) groups is 2. The van der Waals surface area contributed by atoms with Crippen molar-refractivity contribution in [3.05, 3.63) is 0 Å². The van der Waals surface area contributed by atoms with Crippen LogP contribution in [0.2, 0.25) is 0 Å². The van der Waals surface area contributed by atoms with Crippen molar-refractivity contribution >= 4 is 24.5 Å². The van der Waals surface area contributed by atoms with Crippen molar-refractivity contribution in [1.29, 1.82) is 0 Å². The molecular formula is C13H24N2O3S. The van der Waals surface area contributed by atoms with E-state index >= 15 is 0 Å². The van der Waals surface area contributed by atoms with Crippen molar-refractivity contribution < 1.29 is 14.3 Å². The number of nitrogens with zero attached hydrogens (tertiary/aromatic N) is 1. The lowest BCUT2D eigenvalue weighted by molar-refractivity contribution is -0.148. The molecule has 1 unspecified atom stereocenters. The van der Waals surface area contributed by atoms with Gasteiger partial charge in [-0.2, -0.15) is 12.6 Å². The van der Waals surface area contributed by atoms with Crippen LogP contribution in [0.3, 0.4) is 0 Å². The smallest absolute Gasteiger partial charge is 0.330 e. The molecular weight excluding hydrogens is 264 g/mol. The maximum absolute atomic E-state index is 12.0. The lowest BCUT2D eigenvalue weighted by Gasteiger charge is -2.42. The Morgan fingerprint density at radius 1 is 1.37 bits per heavy atom. The Labute approximate surface area is 120 Å². The van der Waals surface area contributed by atoms with E-state index in [0.29, 0.717) is 6.61 Å². The van der Waals surface area contributed by atoms with Gasteiger partial charge in [-0.3, -0.25) is 4.79 Å². The van der Waals surface area contributed by atoms with Crippen molar-refractivity contribution in [2.24, 2.45) is 0 Å². The lowest BCUT2D eigenvalue weighted by atomic mass is 9.88. The minimum Gasteiger partial charge on any atom is -0.464 e. The molecule has 0 bridgehead atoms. The Bertz CT molecular complexity index is 328. The van der Waals surface area contributed by atoms with Gasteiger partial charge in [-0.05, 0) is 39.4 Å². The summed E-state index contributed by atoms with van der Waals surface area (Å²) in [6.07, 6.45) is 1.52. The molecule has 0 radical (unpaired) electrons. The van der Waals surface area contributed by atoms with Gasteiger partial charge in [0, 0.05) is 11.7 Å². The van der Waals surface area contributed by atoms with E-state index in [1.807, 2.05) is 0 Å². The van der Waals surface area contributed by atoms with E-state index in [1.54, 1.807) is 6.92 Å². The molecule has 0 spiro atoms. The number of thiol groups is 1. The first kappa shape index (κ1) is 16.3. The first-order valence-corrected chi connectivity index (χ1v) is 7.26. The SMILES string of the molecule is CCOC(=O)C(NC(C)=O)C1(S)CCN(CC)CC1. The summed E-state index contributed by atoms with van der Waals surface area (Å²) in [5, 5.41) is 2.70. The molecule has 0 aromatic rings. The number of hydrogen-bond acceptors (Lipinski definition) is 5. The Balaban J connectivity index is 2.78. The second kappa shape index (κ2) is 7.14.